The fourth-order valence-corrected chi connectivity index (χ4v) is 1.66. The van der Waals surface area contributed by atoms with Gasteiger partial charge in [0.05, 0.1) is 14.2 Å². The molecule has 2 rings (SSSR count). The zero-order valence-electron chi connectivity index (χ0n) is 11.0. The van der Waals surface area contributed by atoms with Crippen molar-refractivity contribution < 1.29 is 9.47 Å². The minimum Gasteiger partial charge on any atom is -0.497 e. The quantitative estimate of drug-likeness (QED) is 0.819. The highest BCUT2D eigenvalue weighted by atomic mass is 16.5. The summed E-state index contributed by atoms with van der Waals surface area (Å²) in [6.07, 6.45) is 1.55. The molecule has 0 saturated heterocycles. The number of tetrazole rings is 1. The molecule has 1 heterocycles. The molecule has 0 saturated carbocycles. The van der Waals surface area contributed by atoms with Gasteiger partial charge in [-0.15, -0.1) is 15.0 Å². The van der Waals surface area contributed by atoms with Crippen LogP contribution in [0.25, 0.3) is 5.69 Å². The van der Waals surface area contributed by atoms with Crippen molar-refractivity contribution in [1.82, 2.24) is 20.2 Å². The van der Waals surface area contributed by atoms with Gasteiger partial charge in [-0.2, -0.15) is 0 Å². The van der Waals surface area contributed by atoms with Crippen molar-refractivity contribution in [3.8, 4) is 17.2 Å². The van der Waals surface area contributed by atoms with Gasteiger partial charge in [-0.25, -0.2) is 0 Å². The second-order valence-corrected chi connectivity index (χ2v) is 3.93. The monoisotopic (exact) mass is 263 g/mol. The first-order valence-corrected chi connectivity index (χ1v) is 6.00. The Labute approximate surface area is 111 Å². The number of nitrogens with zero attached hydrogens (tertiary/aromatic N) is 4. The number of aromatic nitrogens is 4. The molecule has 102 valence electrons. The van der Waals surface area contributed by atoms with Gasteiger partial charge in [0, 0.05) is 12.5 Å². The van der Waals surface area contributed by atoms with E-state index in [1.807, 2.05) is 6.07 Å². The maximum atomic E-state index is 5.46. The minimum atomic E-state index is 0.608. The Morgan fingerprint density at radius 3 is 2.79 bits per heavy atom. The molecule has 0 amide bonds. The Morgan fingerprint density at radius 1 is 1.26 bits per heavy atom. The maximum Gasteiger partial charge on any atom is 0.175 e. The van der Waals surface area contributed by atoms with Gasteiger partial charge in [0.1, 0.15) is 17.2 Å². The van der Waals surface area contributed by atoms with E-state index in [1.165, 1.54) is 4.80 Å². The van der Waals surface area contributed by atoms with Crippen molar-refractivity contribution in [2.24, 2.45) is 5.73 Å². The lowest BCUT2D eigenvalue weighted by molar-refractivity contribution is 0.399. The van der Waals surface area contributed by atoms with Crippen LogP contribution in [0.1, 0.15) is 12.2 Å². The number of ether oxygens (including phenoxy) is 2. The van der Waals surface area contributed by atoms with Crippen LogP contribution in [0.2, 0.25) is 0 Å². The lowest BCUT2D eigenvalue weighted by Crippen LogP contribution is -2.04. The van der Waals surface area contributed by atoms with E-state index < -0.39 is 0 Å². The number of nitrogens with two attached hydrogens (primary N) is 1. The molecule has 0 unspecified atom stereocenters. The van der Waals surface area contributed by atoms with E-state index in [0.29, 0.717) is 36.0 Å². The summed E-state index contributed by atoms with van der Waals surface area (Å²) < 4.78 is 10.5. The van der Waals surface area contributed by atoms with Crippen LogP contribution in [0, 0.1) is 0 Å². The van der Waals surface area contributed by atoms with E-state index in [0.717, 1.165) is 6.42 Å². The van der Waals surface area contributed by atoms with Crippen LogP contribution in [-0.2, 0) is 6.42 Å². The third kappa shape index (κ3) is 3.00. The molecular weight excluding hydrogens is 246 g/mol. The van der Waals surface area contributed by atoms with Crippen molar-refractivity contribution in [2.45, 2.75) is 12.8 Å². The number of aryl methyl sites for hydroxylation is 1. The van der Waals surface area contributed by atoms with Crippen molar-refractivity contribution in [3.63, 3.8) is 0 Å². The Hall–Kier alpha value is -2.15. The van der Waals surface area contributed by atoms with E-state index in [-0.39, 0.29) is 0 Å². The largest absolute Gasteiger partial charge is 0.497 e. The van der Waals surface area contributed by atoms with Crippen LogP contribution in [-0.4, -0.2) is 41.0 Å². The molecule has 0 fully saturated rings. The van der Waals surface area contributed by atoms with Crippen molar-refractivity contribution >= 4 is 0 Å². The molecule has 2 aromatic rings. The number of hydrogen-bond donors (Lipinski definition) is 1. The lowest BCUT2D eigenvalue weighted by atomic mass is 10.3. The van der Waals surface area contributed by atoms with Crippen molar-refractivity contribution in [2.75, 3.05) is 20.8 Å². The zero-order chi connectivity index (χ0) is 13.7. The molecule has 0 atom stereocenters. The van der Waals surface area contributed by atoms with Gasteiger partial charge in [-0.1, -0.05) is 0 Å². The molecule has 0 spiro atoms. The van der Waals surface area contributed by atoms with Crippen molar-refractivity contribution in [3.05, 3.63) is 24.0 Å². The van der Waals surface area contributed by atoms with Gasteiger partial charge < -0.3 is 15.2 Å². The van der Waals surface area contributed by atoms with Gasteiger partial charge in [-0.3, -0.25) is 0 Å². The van der Waals surface area contributed by atoms with E-state index in [2.05, 4.69) is 15.4 Å². The number of benzene rings is 1. The fraction of sp³-hybridized carbons (Fsp3) is 0.417. The highest BCUT2D eigenvalue weighted by Gasteiger charge is 2.11. The smallest absolute Gasteiger partial charge is 0.175 e. The summed E-state index contributed by atoms with van der Waals surface area (Å²) in [4.78, 5) is 1.44. The van der Waals surface area contributed by atoms with Gasteiger partial charge in [0.2, 0.25) is 0 Å². The molecule has 2 N–H and O–H groups in total. The fourth-order valence-electron chi connectivity index (χ4n) is 1.66. The van der Waals surface area contributed by atoms with Crippen LogP contribution in [0.4, 0.5) is 0 Å². The molecule has 0 aliphatic heterocycles. The molecule has 1 aromatic heterocycles. The molecule has 0 radical (unpaired) electrons. The molecule has 19 heavy (non-hydrogen) atoms. The molecule has 0 aliphatic rings. The molecule has 7 nitrogen and oxygen atoms in total. The van der Waals surface area contributed by atoms with Crippen LogP contribution in [0.15, 0.2) is 18.2 Å². The van der Waals surface area contributed by atoms with Crippen LogP contribution in [0.3, 0.4) is 0 Å². The first-order chi connectivity index (χ1) is 9.28. The average Bonchev–Trinajstić information content (AvgIpc) is 2.93. The molecule has 0 bridgehead atoms. The highest BCUT2D eigenvalue weighted by Crippen LogP contribution is 2.26. The molecule has 1 aromatic carbocycles. The standard InChI is InChI=1S/C12H17N5O2/c1-18-9-5-6-11(19-2)10(8-9)17-15-12(14-16-17)4-3-7-13/h5-6,8H,3-4,7,13H2,1-2H3. The summed E-state index contributed by atoms with van der Waals surface area (Å²) in [7, 11) is 3.20. The van der Waals surface area contributed by atoms with Gasteiger partial charge >= 0.3 is 0 Å². The summed E-state index contributed by atoms with van der Waals surface area (Å²) in [5, 5.41) is 12.3. The highest BCUT2D eigenvalue weighted by molar-refractivity contribution is 5.49. The summed E-state index contributed by atoms with van der Waals surface area (Å²) in [6.45, 7) is 0.608. The summed E-state index contributed by atoms with van der Waals surface area (Å²) >= 11 is 0. The third-order valence-corrected chi connectivity index (χ3v) is 2.66. The molecule has 7 heteroatoms. The summed E-state index contributed by atoms with van der Waals surface area (Å²) in [5.41, 5.74) is 6.15. The summed E-state index contributed by atoms with van der Waals surface area (Å²) in [5.74, 6) is 2.02. The molecular formula is C12H17N5O2. The predicted molar refractivity (Wildman–Crippen MR) is 69.6 cm³/mol. The molecule has 0 aliphatic carbocycles. The van der Waals surface area contributed by atoms with E-state index in [4.69, 9.17) is 15.2 Å². The minimum absolute atomic E-state index is 0.608. The third-order valence-electron chi connectivity index (χ3n) is 2.66. The van der Waals surface area contributed by atoms with E-state index in [1.54, 1.807) is 26.4 Å². The summed E-state index contributed by atoms with van der Waals surface area (Å²) in [6, 6.07) is 5.42. The van der Waals surface area contributed by atoms with Gasteiger partial charge in [-0.05, 0) is 30.3 Å². The Morgan fingerprint density at radius 2 is 2.11 bits per heavy atom. The van der Waals surface area contributed by atoms with Crippen molar-refractivity contribution in [1.29, 1.82) is 0 Å². The maximum absolute atomic E-state index is 5.46. The van der Waals surface area contributed by atoms with E-state index in [9.17, 15) is 0 Å². The van der Waals surface area contributed by atoms with Crippen LogP contribution in [0.5, 0.6) is 11.5 Å². The normalized spacial score (nSPS) is 10.5. The Kier molecular flexibility index (Phi) is 4.30. The van der Waals surface area contributed by atoms with Crippen LogP contribution >= 0.6 is 0 Å². The Bertz CT molecular complexity index is 541. The van der Waals surface area contributed by atoms with E-state index >= 15 is 0 Å². The SMILES string of the molecule is COc1ccc(OC)c(-n2nnc(CCCN)n2)c1. The number of methoxy groups -OCH3 is 2. The number of rotatable bonds is 6. The first kappa shape index (κ1) is 13.3. The average molecular weight is 263 g/mol. The topological polar surface area (TPSA) is 88.1 Å². The van der Waals surface area contributed by atoms with Gasteiger partial charge in [0.15, 0.2) is 5.82 Å². The lowest BCUT2D eigenvalue weighted by Gasteiger charge is -2.08. The van der Waals surface area contributed by atoms with Gasteiger partial charge in [0.25, 0.3) is 0 Å². The predicted octanol–water partition coefficient (Wildman–Crippen LogP) is 0.571. The first-order valence-electron chi connectivity index (χ1n) is 6.00. The second-order valence-electron chi connectivity index (χ2n) is 3.93. The Balaban J connectivity index is 2.31. The second kappa shape index (κ2) is 6.14. The van der Waals surface area contributed by atoms with Crippen LogP contribution < -0.4 is 15.2 Å². The zero-order valence-corrected chi connectivity index (χ0v) is 11.0. The number of hydrogen-bond acceptors (Lipinski definition) is 6.